The Labute approximate surface area is 90.8 Å². The molecule has 3 heteroatoms. The van der Waals surface area contributed by atoms with E-state index in [1.54, 1.807) is 13.0 Å². The molecular formula is C12H18O3. The first kappa shape index (κ1) is 11.8. The first-order chi connectivity index (χ1) is 7.26. The van der Waals surface area contributed by atoms with E-state index in [1.165, 1.54) is 0 Å². The molecule has 1 rings (SSSR count). The van der Waals surface area contributed by atoms with Crippen molar-refractivity contribution in [2.24, 2.45) is 0 Å². The van der Waals surface area contributed by atoms with E-state index in [0.29, 0.717) is 13.2 Å². The molecule has 1 aliphatic carbocycles. The van der Waals surface area contributed by atoms with Crippen LogP contribution in [0.25, 0.3) is 0 Å². The second-order valence-corrected chi connectivity index (χ2v) is 3.37. The Bertz CT molecular complexity index is 277. The molecule has 0 bridgehead atoms. The third-order valence-corrected chi connectivity index (χ3v) is 2.15. The zero-order valence-corrected chi connectivity index (χ0v) is 9.41. The lowest BCUT2D eigenvalue weighted by atomic mass is 10.0. The maximum Gasteiger partial charge on any atom is 0.331 e. The van der Waals surface area contributed by atoms with Crippen molar-refractivity contribution >= 4 is 5.97 Å². The number of carbonyl (C=O) groups is 1. The molecule has 0 N–H and O–H groups in total. The molecule has 0 aromatic carbocycles. The molecule has 0 aliphatic heterocycles. The Morgan fingerprint density at radius 1 is 1.40 bits per heavy atom. The molecule has 0 spiro atoms. The number of allylic oxidation sites excluding steroid dienone is 3. The SMILES string of the molecule is CCOC(=O)/C=C1\C=C(OCC)CCC1. The van der Waals surface area contributed by atoms with Crippen molar-refractivity contribution in [3.05, 3.63) is 23.5 Å². The fourth-order valence-electron chi connectivity index (χ4n) is 1.57. The van der Waals surface area contributed by atoms with Crippen molar-refractivity contribution in [2.45, 2.75) is 33.1 Å². The fourth-order valence-corrected chi connectivity index (χ4v) is 1.57. The molecule has 0 fully saturated rings. The van der Waals surface area contributed by atoms with E-state index in [4.69, 9.17) is 9.47 Å². The molecule has 3 nitrogen and oxygen atoms in total. The van der Waals surface area contributed by atoms with Crippen molar-refractivity contribution in [1.29, 1.82) is 0 Å². The van der Waals surface area contributed by atoms with Crippen molar-refractivity contribution in [2.75, 3.05) is 13.2 Å². The third-order valence-electron chi connectivity index (χ3n) is 2.15. The molecule has 0 atom stereocenters. The van der Waals surface area contributed by atoms with Crippen LogP contribution >= 0.6 is 0 Å². The highest BCUT2D eigenvalue weighted by Crippen LogP contribution is 2.22. The number of carbonyl (C=O) groups excluding carboxylic acids is 1. The van der Waals surface area contributed by atoms with Crippen LogP contribution in [-0.2, 0) is 14.3 Å². The molecule has 0 radical (unpaired) electrons. The van der Waals surface area contributed by atoms with Gasteiger partial charge in [-0.25, -0.2) is 4.79 Å². The highest BCUT2D eigenvalue weighted by Gasteiger charge is 2.09. The fraction of sp³-hybridized carbons (Fsp3) is 0.583. The van der Waals surface area contributed by atoms with Crippen LogP contribution in [0.15, 0.2) is 23.5 Å². The topological polar surface area (TPSA) is 35.5 Å². The van der Waals surface area contributed by atoms with Crippen LogP contribution in [0.4, 0.5) is 0 Å². The van der Waals surface area contributed by atoms with Crippen molar-refractivity contribution in [3.63, 3.8) is 0 Å². The van der Waals surface area contributed by atoms with E-state index in [9.17, 15) is 4.79 Å². The highest BCUT2D eigenvalue weighted by atomic mass is 16.5. The Morgan fingerprint density at radius 3 is 2.87 bits per heavy atom. The molecule has 0 aromatic heterocycles. The molecule has 0 aromatic rings. The second-order valence-electron chi connectivity index (χ2n) is 3.37. The minimum atomic E-state index is -0.263. The normalized spacial score (nSPS) is 18.5. The van der Waals surface area contributed by atoms with Gasteiger partial charge in [0.1, 0.15) is 0 Å². The third kappa shape index (κ3) is 4.19. The molecule has 0 saturated carbocycles. The first-order valence-electron chi connectivity index (χ1n) is 5.47. The lowest BCUT2D eigenvalue weighted by Crippen LogP contribution is -2.04. The largest absolute Gasteiger partial charge is 0.498 e. The minimum absolute atomic E-state index is 0.263. The Hall–Kier alpha value is -1.25. The predicted octanol–water partition coefficient (Wildman–Crippen LogP) is 2.58. The Morgan fingerprint density at radius 2 is 2.20 bits per heavy atom. The molecule has 0 amide bonds. The van der Waals surface area contributed by atoms with Gasteiger partial charge < -0.3 is 9.47 Å². The van der Waals surface area contributed by atoms with E-state index in [1.807, 2.05) is 13.0 Å². The van der Waals surface area contributed by atoms with Gasteiger partial charge in [-0.15, -0.1) is 0 Å². The lowest BCUT2D eigenvalue weighted by molar-refractivity contribution is -0.137. The van der Waals surface area contributed by atoms with Gasteiger partial charge in [-0.1, -0.05) is 0 Å². The van der Waals surface area contributed by atoms with Gasteiger partial charge in [0.15, 0.2) is 0 Å². The Balaban J connectivity index is 2.61. The summed E-state index contributed by atoms with van der Waals surface area (Å²) in [6.45, 7) is 4.87. The molecule has 1 aliphatic rings. The zero-order valence-electron chi connectivity index (χ0n) is 9.41. The molecule has 84 valence electrons. The molecule has 15 heavy (non-hydrogen) atoms. The summed E-state index contributed by atoms with van der Waals surface area (Å²) < 4.78 is 10.3. The molecular weight excluding hydrogens is 192 g/mol. The van der Waals surface area contributed by atoms with E-state index in [-0.39, 0.29) is 5.97 Å². The summed E-state index contributed by atoms with van der Waals surface area (Å²) in [7, 11) is 0. The van der Waals surface area contributed by atoms with Gasteiger partial charge in [-0.2, -0.15) is 0 Å². The summed E-state index contributed by atoms with van der Waals surface area (Å²) in [6, 6.07) is 0. The maximum absolute atomic E-state index is 11.2. The van der Waals surface area contributed by atoms with Crippen molar-refractivity contribution in [3.8, 4) is 0 Å². The number of ether oxygens (including phenoxy) is 2. The summed E-state index contributed by atoms with van der Waals surface area (Å²) in [4.78, 5) is 11.2. The summed E-state index contributed by atoms with van der Waals surface area (Å²) in [5.41, 5.74) is 1.00. The van der Waals surface area contributed by atoms with Crippen LogP contribution < -0.4 is 0 Å². The van der Waals surface area contributed by atoms with Gasteiger partial charge in [-0.05, 0) is 38.3 Å². The smallest absolute Gasteiger partial charge is 0.331 e. The van der Waals surface area contributed by atoms with Gasteiger partial charge in [0.05, 0.1) is 19.0 Å². The number of esters is 1. The molecule has 0 unspecified atom stereocenters. The molecule has 0 saturated heterocycles. The summed E-state index contributed by atoms with van der Waals surface area (Å²) in [5, 5.41) is 0. The zero-order chi connectivity index (χ0) is 11.1. The monoisotopic (exact) mass is 210 g/mol. The van der Waals surface area contributed by atoms with Crippen LogP contribution in [0.5, 0.6) is 0 Å². The van der Waals surface area contributed by atoms with Gasteiger partial charge in [0.25, 0.3) is 0 Å². The van der Waals surface area contributed by atoms with Crippen LogP contribution in [0, 0.1) is 0 Å². The van der Waals surface area contributed by atoms with Crippen LogP contribution in [0.3, 0.4) is 0 Å². The summed E-state index contributed by atoms with van der Waals surface area (Å²) in [5.74, 6) is 0.709. The summed E-state index contributed by atoms with van der Waals surface area (Å²) >= 11 is 0. The van der Waals surface area contributed by atoms with Gasteiger partial charge in [0, 0.05) is 12.5 Å². The number of hydrogen-bond acceptors (Lipinski definition) is 3. The predicted molar refractivity (Wildman–Crippen MR) is 58.3 cm³/mol. The van der Waals surface area contributed by atoms with Gasteiger partial charge in [0.2, 0.25) is 0 Å². The van der Waals surface area contributed by atoms with Crippen LogP contribution in [0.2, 0.25) is 0 Å². The standard InChI is InChI=1S/C12H18O3/c1-3-14-11-7-5-6-10(8-11)9-12(13)15-4-2/h8-9H,3-7H2,1-2H3/b10-9-. The maximum atomic E-state index is 11.2. The van der Waals surface area contributed by atoms with Gasteiger partial charge in [-0.3, -0.25) is 0 Å². The van der Waals surface area contributed by atoms with E-state index >= 15 is 0 Å². The number of hydrogen-bond donors (Lipinski definition) is 0. The van der Waals surface area contributed by atoms with E-state index in [2.05, 4.69) is 0 Å². The van der Waals surface area contributed by atoms with Gasteiger partial charge >= 0.3 is 5.97 Å². The second kappa shape index (κ2) is 6.27. The first-order valence-corrected chi connectivity index (χ1v) is 5.47. The van der Waals surface area contributed by atoms with Crippen molar-refractivity contribution in [1.82, 2.24) is 0 Å². The quantitative estimate of drug-likeness (QED) is 0.528. The van der Waals surface area contributed by atoms with Crippen LogP contribution in [-0.4, -0.2) is 19.2 Å². The summed E-state index contributed by atoms with van der Waals surface area (Å²) in [6.07, 6.45) is 6.44. The Kier molecular flexibility index (Phi) is 4.95. The lowest BCUT2D eigenvalue weighted by Gasteiger charge is -2.15. The average Bonchev–Trinajstić information content (AvgIpc) is 2.19. The highest BCUT2D eigenvalue weighted by molar-refractivity contribution is 5.83. The average molecular weight is 210 g/mol. The minimum Gasteiger partial charge on any atom is -0.498 e. The molecule has 0 heterocycles. The number of rotatable bonds is 4. The van der Waals surface area contributed by atoms with Crippen LogP contribution in [0.1, 0.15) is 33.1 Å². The van der Waals surface area contributed by atoms with E-state index < -0.39 is 0 Å². The van der Waals surface area contributed by atoms with Crippen molar-refractivity contribution < 1.29 is 14.3 Å². The van der Waals surface area contributed by atoms with E-state index in [0.717, 1.165) is 30.6 Å².